The lowest BCUT2D eigenvalue weighted by Gasteiger charge is -2.10. The number of rotatable bonds is 5. The summed E-state index contributed by atoms with van der Waals surface area (Å²) >= 11 is 12.1. The van der Waals surface area contributed by atoms with E-state index in [2.05, 4.69) is 30.8 Å². The van der Waals surface area contributed by atoms with Crippen LogP contribution in [0.25, 0.3) is 0 Å². The summed E-state index contributed by atoms with van der Waals surface area (Å²) in [5, 5.41) is 12.5. The lowest BCUT2D eigenvalue weighted by Crippen LogP contribution is -2.17. The number of pyridine rings is 1. The lowest BCUT2D eigenvalue weighted by molar-refractivity contribution is -0.117. The molecule has 1 aliphatic rings. The normalized spacial score (nSPS) is 17.8. The monoisotopic (exact) mass is 416 g/mol. The van der Waals surface area contributed by atoms with Crippen molar-refractivity contribution in [3.8, 4) is 0 Å². The summed E-state index contributed by atoms with van der Waals surface area (Å²) in [7, 11) is 0. The first kappa shape index (κ1) is 18.4. The van der Waals surface area contributed by atoms with Gasteiger partial charge in [-0.25, -0.2) is 9.97 Å². The summed E-state index contributed by atoms with van der Waals surface area (Å²) in [6, 6.07) is 7.99. The molecule has 1 fully saturated rings. The van der Waals surface area contributed by atoms with Crippen LogP contribution in [0.1, 0.15) is 28.5 Å². The Balaban J connectivity index is 1.42. The Morgan fingerprint density at radius 2 is 1.89 bits per heavy atom. The van der Waals surface area contributed by atoms with Gasteiger partial charge >= 0.3 is 0 Å². The van der Waals surface area contributed by atoms with Crippen LogP contribution in [0.5, 0.6) is 0 Å². The van der Waals surface area contributed by atoms with Gasteiger partial charge in [-0.2, -0.15) is 5.10 Å². The molecule has 0 bridgehead atoms. The van der Waals surface area contributed by atoms with Gasteiger partial charge in [0, 0.05) is 29.8 Å². The van der Waals surface area contributed by atoms with Gasteiger partial charge in [-0.15, -0.1) is 0 Å². The van der Waals surface area contributed by atoms with Gasteiger partial charge in [-0.1, -0.05) is 29.3 Å². The van der Waals surface area contributed by atoms with Crippen LogP contribution >= 0.6 is 23.2 Å². The van der Waals surface area contributed by atoms with Crippen LogP contribution in [0.15, 0.2) is 42.9 Å². The zero-order valence-electron chi connectivity index (χ0n) is 14.3. The Morgan fingerprint density at radius 3 is 2.61 bits per heavy atom. The van der Waals surface area contributed by atoms with E-state index in [0.717, 1.165) is 0 Å². The number of amides is 2. The van der Waals surface area contributed by atoms with Crippen LogP contribution in [-0.2, 0) is 4.79 Å². The number of benzene rings is 1. The predicted molar refractivity (Wildman–Crippen MR) is 105 cm³/mol. The number of hydrogen-bond acceptors (Lipinski definition) is 5. The molecule has 1 aromatic carbocycles. The van der Waals surface area contributed by atoms with Crippen LogP contribution in [0.4, 0.5) is 11.5 Å². The number of aromatic amines is 1. The number of carbonyl (C=O) groups is 2. The Labute approximate surface area is 169 Å². The summed E-state index contributed by atoms with van der Waals surface area (Å²) in [4.78, 5) is 33.1. The molecule has 2 atom stereocenters. The predicted octanol–water partition coefficient (Wildman–Crippen LogP) is 3.50. The summed E-state index contributed by atoms with van der Waals surface area (Å²) < 4.78 is 0. The van der Waals surface area contributed by atoms with Crippen LogP contribution in [0.2, 0.25) is 10.0 Å². The van der Waals surface area contributed by atoms with Gasteiger partial charge in [0.1, 0.15) is 18.0 Å². The average Bonchev–Trinajstić information content (AvgIpc) is 3.27. The average molecular weight is 417 g/mol. The molecule has 0 unspecified atom stereocenters. The van der Waals surface area contributed by atoms with E-state index in [4.69, 9.17) is 23.2 Å². The first-order valence-electron chi connectivity index (χ1n) is 8.40. The maximum atomic E-state index is 12.5. The molecular weight excluding hydrogens is 403 g/mol. The molecule has 3 aromatic rings. The standard InChI is InChI=1S/C18H14Cl2N6O2/c19-12-2-1-3-13(20)15(12)18(28)24-9-4-5-21-14(6-9)25-17(27)11-7-10(11)16-22-8-23-26-16/h1-6,8,10-11H,7H2,(H,22,23,26)(H2,21,24,25,27,28)/t10-,11-/m0/s1. The second-order valence-corrected chi connectivity index (χ2v) is 7.10. The molecule has 3 N–H and O–H groups in total. The maximum absolute atomic E-state index is 12.5. The SMILES string of the molecule is O=C(Nc1ccnc(NC(=O)[C@H]2C[C@@H]2c2ncn[nH]2)c1)c1c(Cl)cccc1Cl. The summed E-state index contributed by atoms with van der Waals surface area (Å²) in [6.45, 7) is 0. The summed E-state index contributed by atoms with van der Waals surface area (Å²) in [5.74, 6) is 0.267. The summed E-state index contributed by atoms with van der Waals surface area (Å²) in [6.07, 6.45) is 3.60. The van der Waals surface area contributed by atoms with Crippen LogP contribution in [0, 0.1) is 5.92 Å². The fourth-order valence-corrected chi connectivity index (χ4v) is 3.45. The molecule has 2 amide bonds. The number of H-pyrrole nitrogens is 1. The van der Waals surface area contributed by atoms with Crippen molar-refractivity contribution < 1.29 is 9.59 Å². The highest BCUT2D eigenvalue weighted by molar-refractivity contribution is 6.40. The zero-order chi connectivity index (χ0) is 19.7. The second-order valence-electron chi connectivity index (χ2n) is 6.29. The van der Waals surface area contributed by atoms with E-state index in [-0.39, 0.29) is 33.4 Å². The van der Waals surface area contributed by atoms with Crippen molar-refractivity contribution in [2.45, 2.75) is 12.3 Å². The molecule has 4 rings (SSSR count). The molecule has 2 aromatic heterocycles. The Bertz CT molecular complexity index is 1020. The van der Waals surface area contributed by atoms with Crippen molar-refractivity contribution in [3.63, 3.8) is 0 Å². The molecular formula is C18H14Cl2N6O2. The highest BCUT2D eigenvalue weighted by Gasteiger charge is 2.46. The van der Waals surface area contributed by atoms with E-state index >= 15 is 0 Å². The van der Waals surface area contributed by atoms with Crippen molar-refractivity contribution in [2.24, 2.45) is 5.92 Å². The number of aromatic nitrogens is 4. The minimum Gasteiger partial charge on any atom is -0.322 e. The zero-order valence-corrected chi connectivity index (χ0v) is 15.8. The Hall–Kier alpha value is -2.97. The maximum Gasteiger partial charge on any atom is 0.258 e. The van der Waals surface area contributed by atoms with Gasteiger partial charge in [0.2, 0.25) is 5.91 Å². The van der Waals surface area contributed by atoms with Crippen LogP contribution in [0.3, 0.4) is 0 Å². The topological polar surface area (TPSA) is 113 Å². The van der Waals surface area contributed by atoms with E-state index in [9.17, 15) is 9.59 Å². The molecule has 8 nitrogen and oxygen atoms in total. The molecule has 142 valence electrons. The van der Waals surface area contributed by atoms with Gasteiger partial charge in [-0.3, -0.25) is 14.7 Å². The number of nitrogens with one attached hydrogen (secondary N) is 3. The third-order valence-corrected chi connectivity index (χ3v) is 5.00. The van der Waals surface area contributed by atoms with E-state index in [1.54, 1.807) is 30.3 Å². The lowest BCUT2D eigenvalue weighted by atomic mass is 10.2. The number of halogens is 2. The quantitative estimate of drug-likeness (QED) is 0.588. The van der Waals surface area contributed by atoms with E-state index in [0.29, 0.717) is 23.8 Å². The van der Waals surface area contributed by atoms with Crippen molar-refractivity contribution in [2.75, 3.05) is 10.6 Å². The second kappa shape index (κ2) is 7.57. The molecule has 0 radical (unpaired) electrons. The first-order valence-corrected chi connectivity index (χ1v) is 9.16. The molecule has 0 spiro atoms. The third kappa shape index (κ3) is 3.83. The van der Waals surface area contributed by atoms with Gasteiger partial charge in [0.15, 0.2) is 0 Å². The molecule has 10 heteroatoms. The Morgan fingerprint density at radius 1 is 1.11 bits per heavy atom. The third-order valence-electron chi connectivity index (χ3n) is 4.37. The van der Waals surface area contributed by atoms with Gasteiger partial charge in [-0.05, 0) is 24.6 Å². The van der Waals surface area contributed by atoms with E-state index < -0.39 is 5.91 Å². The fourth-order valence-electron chi connectivity index (χ4n) is 2.88. The molecule has 0 saturated heterocycles. The van der Waals surface area contributed by atoms with Gasteiger partial charge in [0.05, 0.1) is 15.6 Å². The van der Waals surface area contributed by atoms with Gasteiger partial charge < -0.3 is 10.6 Å². The highest BCUT2D eigenvalue weighted by atomic mass is 35.5. The van der Waals surface area contributed by atoms with E-state index in [1.165, 1.54) is 12.5 Å². The Kier molecular flexibility index (Phi) is 4.97. The molecule has 1 saturated carbocycles. The molecule has 28 heavy (non-hydrogen) atoms. The molecule has 2 heterocycles. The summed E-state index contributed by atoms with van der Waals surface area (Å²) in [5.41, 5.74) is 0.634. The van der Waals surface area contributed by atoms with Crippen molar-refractivity contribution in [1.82, 2.24) is 20.2 Å². The van der Waals surface area contributed by atoms with Crippen LogP contribution < -0.4 is 10.6 Å². The minimum absolute atomic E-state index is 0.0350. The first-order chi connectivity index (χ1) is 13.5. The number of anilines is 2. The number of nitrogens with zero attached hydrogens (tertiary/aromatic N) is 3. The van der Waals surface area contributed by atoms with Crippen molar-refractivity contribution in [3.05, 3.63) is 64.3 Å². The van der Waals surface area contributed by atoms with E-state index in [1.807, 2.05) is 0 Å². The highest BCUT2D eigenvalue weighted by Crippen LogP contribution is 2.46. The van der Waals surface area contributed by atoms with Crippen LogP contribution in [-0.4, -0.2) is 32.0 Å². The minimum atomic E-state index is -0.452. The number of hydrogen-bond donors (Lipinski definition) is 3. The van der Waals surface area contributed by atoms with Gasteiger partial charge in [0.25, 0.3) is 5.91 Å². The fraction of sp³-hybridized carbons (Fsp3) is 0.167. The van der Waals surface area contributed by atoms with Crippen molar-refractivity contribution >= 4 is 46.5 Å². The smallest absolute Gasteiger partial charge is 0.258 e. The number of carbonyl (C=O) groups excluding carboxylic acids is 2. The largest absolute Gasteiger partial charge is 0.322 e. The molecule has 1 aliphatic carbocycles. The molecule has 0 aliphatic heterocycles. The van der Waals surface area contributed by atoms with Crippen molar-refractivity contribution in [1.29, 1.82) is 0 Å².